The molecule has 0 aromatic carbocycles. The van der Waals surface area contributed by atoms with Crippen LogP contribution in [-0.2, 0) is 45.9 Å². The highest BCUT2D eigenvalue weighted by Crippen LogP contribution is 2.52. The summed E-state index contributed by atoms with van der Waals surface area (Å²) in [6, 6.07) is 0. The molecule has 34 heavy (non-hydrogen) atoms. The molecular formula is C20H34N2O10P2. The first-order valence-corrected chi connectivity index (χ1v) is 13.6. The molecule has 8 atom stereocenters. The van der Waals surface area contributed by atoms with Gasteiger partial charge in [0.05, 0.1) is 31.5 Å². The summed E-state index contributed by atoms with van der Waals surface area (Å²) in [6.07, 6.45) is -0.783. The molecule has 8 unspecified atom stereocenters. The summed E-state index contributed by atoms with van der Waals surface area (Å²) in [5.41, 5.74) is 0. The second kappa shape index (κ2) is 15.4. The molecule has 2 aliphatic heterocycles. The van der Waals surface area contributed by atoms with Crippen molar-refractivity contribution >= 4 is 16.4 Å². The van der Waals surface area contributed by atoms with Gasteiger partial charge in [-0.3, -0.25) is 13.6 Å². The highest BCUT2D eigenvalue weighted by molar-refractivity contribution is 7.48. The second-order valence-electron chi connectivity index (χ2n) is 7.76. The smallest absolute Gasteiger partial charge is 0.382 e. The summed E-state index contributed by atoms with van der Waals surface area (Å²) in [7, 11) is -2.86. The fourth-order valence-electron chi connectivity index (χ4n) is 3.51. The van der Waals surface area contributed by atoms with Crippen LogP contribution in [0.1, 0.15) is 26.7 Å². The van der Waals surface area contributed by atoms with Crippen LogP contribution in [0.3, 0.4) is 0 Å². The third kappa shape index (κ3) is 9.73. The van der Waals surface area contributed by atoms with Crippen molar-refractivity contribution in [3.8, 4) is 0 Å². The van der Waals surface area contributed by atoms with Crippen LogP contribution in [0, 0.1) is 13.1 Å². The highest BCUT2D eigenvalue weighted by Gasteiger charge is 2.42. The monoisotopic (exact) mass is 524 g/mol. The Morgan fingerprint density at radius 1 is 0.941 bits per heavy atom. The Balaban J connectivity index is 1.98. The minimum absolute atomic E-state index is 0.00748. The average Bonchev–Trinajstić information content (AvgIpc) is 3.32. The van der Waals surface area contributed by atoms with E-state index in [0.717, 1.165) is 0 Å². The molecule has 2 heterocycles. The van der Waals surface area contributed by atoms with Crippen LogP contribution in [0.25, 0.3) is 9.69 Å². The second-order valence-corrected chi connectivity index (χ2v) is 10.7. The summed E-state index contributed by atoms with van der Waals surface area (Å²) in [4.78, 5) is 6.46. The number of phosphoric acid groups is 1. The Morgan fingerprint density at radius 2 is 1.56 bits per heavy atom. The molecule has 0 aromatic rings. The predicted molar refractivity (Wildman–Crippen MR) is 122 cm³/mol. The van der Waals surface area contributed by atoms with Crippen LogP contribution in [-0.4, -0.2) is 90.4 Å². The van der Waals surface area contributed by atoms with Gasteiger partial charge in [0.25, 0.3) is 0 Å². The molecule has 0 spiro atoms. The first-order valence-electron chi connectivity index (χ1n) is 11.0. The maximum Gasteiger partial charge on any atom is 0.475 e. The lowest BCUT2D eigenvalue weighted by Crippen LogP contribution is -2.30. The Hall–Kier alpha value is -0.720. The van der Waals surface area contributed by atoms with Gasteiger partial charge in [0.2, 0.25) is 13.1 Å². The number of methoxy groups -OCH3 is 1. The maximum atomic E-state index is 12.8. The largest absolute Gasteiger partial charge is 0.475 e. The molecule has 2 saturated heterocycles. The Morgan fingerprint density at radius 3 is 2.18 bits per heavy atom. The van der Waals surface area contributed by atoms with Gasteiger partial charge in [-0.15, -0.1) is 0 Å². The van der Waals surface area contributed by atoms with Gasteiger partial charge in [-0.25, -0.2) is 17.7 Å². The number of nitrogens with zero attached hydrogens (tertiary/aromatic N) is 2. The van der Waals surface area contributed by atoms with E-state index in [1.807, 2.05) is 13.8 Å². The zero-order chi connectivity index (χ0) is 25.0. The molecule has 12 nitrogen and oxygen atoms in total. The van der Waals surface area contributed by atoms with E-state index in [9.17, 15) is 4.57 Å². The SMILES string of the molecule is [C-]#[N+]CCOP(OCC1OC(C)CC1OP(=O)(OC)OCC[N+]#[C-])OC1CC(C)OC1COC. The van der Waals surface area contributed by atoms with Gasteiger partial charge in [0.15, 0.2) is 0 Å². The van der Waals surface area contributed by atoms with E-state index in [-0.39, 0.29) is 57.3 Å². The third-order valence-electron chi connectivity index (χ3n) is 5.01. The fourth-order valence-corrected chi connectivity index (χ4v) is 5.76. The van der Waals surface area contributed by atoms with Crippen LogP contribution in [0.4, 0.5) is 0 Å². The van der Waals surface area contributed by atoms with E-state index in [0.29, 0.717) is 19.4 Å². The summed E-state index contributed by atoms with van der Waals surface area (Å²) in [5, 5.41) is 0. The summed E-state index contributed by atoms with van der Waals surface area (Å²) in [5.74, 6) is 0. The lowest BCUT2D eigenvalue weighted by molar-refractivity contribution is -0.0366. The number of hydrogen-bond donors (Lipinski definition) is 0. The maximum absolute atomic E-state index is 12.8. The van der Waals surface area contributed by atoms with Crippen molar-refractivity contribution < 1.29 is 45.9 Å². The van der Waals surface area contributed by atoms with E-state index < -0.39 is 28.6 Å². The third-order valence-corrected chi connectivity index (χ3v) is 7.68. The number of phosphoric ester groups is 1. The molecule has 0 N–H and O–H groups in total. The average molecular weight is 524 g/mol. The van der Waals surface area contributed by atoms with Gasteiger partial charge in [0.1, 0.15) is 31.5 Å². The van der Waals surface area contributed by atoms with Crippen molar-refractivity contribution in [1.29, 1.82) is 0 Å². The van der Waals surface area contributed by atoms with Crippen LogP contribution in [0.2, 0.25) is 0 Å². The van der Waals surface area contributed by atoms with Crippen LogP contribution in [0.15, 0.2) is 0 Å². The van der Waals surface area contributed by atoms with Gasteiger partial charge in [-0.2, -0.15) is 0 Å². The summed E-state index contributed by atoms with van der Waals surface area (Å²) in [6.45, 7) is 18.3. The van der Waals surface area contributed by atoms with Crippen molar-refractivity contribution in [3.63, 3.8) is 0 Å². The number of hydrogen-bond acceptors (Lipinski definition) is 10. The minimum atomic E-state index is -3.86. The fraction of sp³-hybridized carbons (Fsp3) is 0.900. The molecule has 0 radical (unpaired) electrons. The molecule has 0 aromatic heterocycles. The standard InChI is InChI=1S/C20H34N2O10P2/c1-15-11-17(19(29-15)13-24-5)31-33(26-9-7-21-3)27-14-20-18(12-16(2)30-20)32-34(23,25-6)28-10-8-22-4/h15-20H,7-14H2,1-2,5-6H3. The van der Waals surface area contributed by atoms with Gasteiger partial charge < -0.3 is 37.5 Å². The van der Waals surface area contributed by atoms with Crippen molar-refractivity contribution in [2.75, 3.05) is 53.7 Å². The van der Waals surface area contributed by atoms with Crippen molar-refractivity contribution in [2.24, 2.45) is 0 Å². The zero-order valence-corrected chi connectivity index (χ0v) is 21.8. The molecule has 0 aliphatic carbocycles. The summed E-state index contributed by atoms with van der Waals surface area (Å²) >= 11 is 0. The molecule has 194 valence electrons. The van der Waals surface area contributed by atoms with Crippen LogP contribution < -0.4 is 0 Å². The van der Waals surface area contributed by atoms with Gasteiger partial charge in [-0.05, 0) is 13.8 Å². The quantitative estimate of drug-likeness (QED) is 0.169. The van der Waals surface area contributed by atoms with Crippen LogP contribution in [0.5, 0.6) is 0 Å². The van der Waals surface area contributed by atoms with E-state index >= 15 is 0 Å². The Bertz CT molecular complexity index is 733. The molecule has 0 amide bonds. The zero-order valence-electron chi connectivity index (χ0n) is 20.0. The van der Waals surface area contributed by atoms with Crippen molar-refractivity contribution in [2.45, 2.75) is 63.3 Å². The molecule has 0 saturated carbocycles. The molecule has 2 rings (SSSR count). The molecule has 14 heteroatoms. The number of rotatable bonds is 16. The lowest BCUT2D eigenvalue weighted by atomic mass is 10.1. The normalized spacial score (nSPS) is 31.6. The molecular weight excluding hydrogens is 490 g/mol. The topological polar surface area (TPSA) is 109 Å². The number of ether oxygens (including phenoxy) is 3. The first-order chi connectivity index (χ1) is 16.3. The predicted octanol–water partition coefficient (Wildman–Crippen LogP) is 3.63. The van der Waals surface area contributed by atoms with E-state index in [1.54, 1.807) is 7.11 Å². The van der Waals surface area contributed by atoms with Gasteiger partial charge >= 0.3 is 16.4 Å². The molecule has 0 bridgehead atoms. The van der Waals surface area contributed by atoms with Gasteiger partial charge in [-0.1, -0.05) is 0 Å². The van der Waals surface area contributed by atoms with Crippen molar-refractivity contribution in [1.82, 2.24) is 0 Å². The summed E-state index contributed by atoms with van der Waals surface area (Å²) < 4.78 is 63.2. The Labute approximate surface area is 202 Å². The highest BCUT2D eigenvalue weighted by atomic mass is 31.2. The van der Waals surface area contributed by atoms with Crippen molar-refractivity contribution in [3.05, 3.63) is 22.8 Å². The van der Waals surface area contributed by atoms with Gasteiger partial charge in [0, 0.05) is 27.1 Å². The first kappa shape index (κ1) is 29.5. The minimum Gasteiger partial charge on any atom is -0.382 e. The Kier molecular flexibility index (Phi) is 13.4. The molecule has 2 fully saturated rings. The van der Waals surface area contributed by atoms with Crippen LogP contribution >= 0.6 is 16.4 Å². The van der Waals surface area contributed by atoms with E-state index in [2.05, 4.69) is 9.69 Å². The van der Waals surface area contributed by atoms with E-state index in [4.69, 9.17) is 54.5 Å². The van der Waals surface area contributed by atoms with E-state index in [1.165, 1.54) is 7.11 Å². The molecule has 2 aliphatic rings. The lowest BCUT2D eigenvalue weighted by Gasteiger charge is -2.26.